The molecular formula is C26H18Cl2FN3O5. The van der Waals surface area contributed by atoms with Crippen molar-refractivity contribution in [2.45, 2.75) is 6.92 Å². The second-order valence-corrected chi connectivity index (χ2v) is 8.77. The van der Waals surface area contributed by atoms with Crippen molar-refractivity contribution in [2.24, 2.45) is 0 Å². The van der Waals surface area contributed by atoms with E-state index in [0.29, 0.717) is 10.6 Å². The lowest BCUT2D eigenvalue weighted by Crippen LogP contribution is -2.54. The Morgan fingerprint density at radius 3 is 2.38 bits per heavy atom. The third kappa shape index (κ3) is 5.96. The van der Waals surface area contributed by atoms with Gasteiger partial charge < -0.3 is 10.1 Å². The van der Waals surface area contributed by atoms with E-state index in [9.17, 15) is 23.6 Å². The molecule has 0 bridgehead atoms. The molecule has 2 N–H and O–H groups in total. The largest absolute Gasteiger partial charge is 0.481 e. The van der Waals surface area contributed by atoms with Crippen LogP contribution in [0.25, 0.3) is 6.08 Å². The highest BCUT2D eigenvalue weighted by atomic mass is 35.5. The molecule has 0 saturated carbocycles. The maximum absolute atomic E-state index is 13.3. The molecule has 0 aromatic heterocycles. The molecule has 3 aromatic carbocycles. The van der Waals surface area contributed by atoms with E-state index in [1.807, 2.05) is 13.0 Å². The van der Waals surface area contributed by atoms with Crippen molar-refractivity contribution in [1.29, 1.82) is 0 Å². The molecule has 0 aliphatic carbocycles. The number of nitrogens with zero attached hydrogens (tertiary/aromatic N) is 1. The fourth-order valence-electron chi connectivity index (χ4n) is 3.51. The van der Waals surface area contributed by atoms with Gasteiger partial charge in [0, 0.05) is 5.69 Å². The summed E-state index contributed by atoms with van der Waals surface area (Å²) in [4.78, 5) is 50.6. The number of imide groups is 2. The van der Waals surface area contributed by atoms with Crippen LogP contribution in [-0.2, 0) is 14.4 Å². The van der Waals surface area contributed by atoms with E-state index in [1.165, 1.54) is 30.3 Å². The molecule has 1 saturated heterocycles. The molecule has 1 fully saturated rings. The summed E-state index contributed by atoms with van der Waals surface area (Å²) in [5.74, 6) is -2.79. The summed E-state index contributed by atoms with van der Waals surface area (Å²) in [5.41, 5.74) is 1.55. The second-order valence-electron chi connectivity index (χ2n) is 7.95. The minimum atomic E-state index is -0.970. The van der Waals surface area contributed by atoms with Gasteiger partial charge >= 0.3 is 6.03 Å². The summed E-state index contributed by atoms with van der Waals surface area (Å²) in [7, 11) is 0. The first-order chi connectivity index (χ1) is 17.6. The van der Waals surface area contributed by atoms with Crippen LogP contribution in [0.3, 0.4) is 0 Å². The third-order valence-electron chi connectivity index (χ3n) is 5.17. The van der Waals surface area contributed by atoms with Gasteiger partial charge in [0.05, 0.1) is 15.7 Å². The van der Waals surface area contributed by atoms with Gasteiger partial charge in [-0.2, -0.15) is 0 Å². The van der Waals surface area contributed by atoms with E-state index in [-0.39, 0.29) is 39.2 Å². The van der Waals surface area contributed by atoms with Crippen LogP contribution in [0.5, 0.6) is 5.75 Å². The Labute approximate surface area is 220 Å². The predicted octanol–water partition coefficient (Wildman–Crippen LogP) is 5.12. The molecule has 0 radical (unpaired) electrons. The molecule has 1 heterocycles. The molecule has 0 unspecified atom stereocenters. The number of hydrogen-bond acceptors (Lipinski definition) is 5. The number of urea groups is 1. The molecule has 1 aliphatic heterocycles. The number of hydrogen-bond donors (Lipinski definition) is 2. The number of amides is 5. The highest BCUT2D eigenvalue weighted by Crippen LogP contribution is 2.35. The van der Waals surface area contributed by atoms with E-state index in [1.54, 1.807) is 18.2 Å². The maximum Gasteiger partial charge on any atom is 0.335 e. The Bertz CT molecular complexity index is 1430. The van der Waals surface area contributed by atoms with Crippen LogP contribution in [-0.4, -0.2) is 30.4 Å². The predicted molar refractivity (Wildman–Crippen MR) is 137 cm³/mol. The van der Waals surface area contributed by atoms with Gasteiger partial charge in [-0.1, -0.05) is 35.3 Å². The van der Waals surface area contributed by atoms with E-state index in [0.717, 1.165) is 17.7 Å². The Kier molecular flexibility index (Phi) is 7.56. The number of nitrogens with one attached hydrogen (secondary N) is 2. The zero-order valence-electron chi connectivity index (χ0n) is 19.2. The second kappa shape index (κ2) is 10.8. The summed E-state index contributed by atoms with van der Waals surface area (Å²) in [6, 6.07) is 13.6. The van der Waals surface area contributed by atoms with Gasteiger partial charge in [-0.05, 0) is 72.7 Å². The quantitative estimate of drug-likeness (QED) is 0.332. The molecule has 0 spiro atoms. The first-order valence-corrected chi connectivity index (χ1v) is 11.5. The smallest absolute Gasteiger partial charge is 0.335 e. The highest BCUT2D eigenvalue weighted by molar-refractivity contribution is 6.40. The molecule has 4 rings (SSSR count). The summed E-state index contributed by atoms with van der Waals surface area (Å²) < 4.78 is 18.8. The zero-order valence-corrected chi connectivity index (χ0v) is 20.7. The minimum Gasteiger partial charge on any atom is -0.481 e. The van der Waals surface area contributed by atoms with Crippen LogP contribution >= 0.6 is 23.2 Å². The summed E-state index contributed by atoms with van der Waals surface area (Å²) in [6.07, 6.45) is 1.20. The molecule has 37 heavy (non-hydrogen) atoms. The molecule has 11 heteroatoms. The maximum atomic E-state index is 13.3. The number of aryl methyl sites for hydroxylation is 1. The SMILES string of the molecule is Cc1cccc(NC(=O)COc2c(Cl)cc(/C=C3\C(=O)NC(=O)N(c4ccc(F)cc4)C3=O)cc2Cl)c1. The Balaban J connectivity index is 1.52. The van der Waals surface area contributed by atoms with Gasteiger partial charge in [0.25, 0.3) is 17.7 Å². The standard InChI is InChI=1S/C26H18Cl2FN3O5/c1-14-3-2-4-17(9-14)30-22(33)13-37-23-20(27)11-15(12-21(23)28)10-19-24(34)31-26(36)32(25(19)35)18-7-5-16(29)6-8-18/h2-12H,13H2,1H3,(H,30,33)(H,31,34,36)/b19-10+. The molecular weight excluding hydrogens is 524 g/mol. The van der Waals surface area contributed by atoms with Crippen LogP contribution in [0, 0.1) is 12.7 Å². The van der Waals surface area contributed by atoms with Crippen LogP contribution in [0.4, 0.5) is 20.6 Å². The normalized spacial score (nSPS) is 14.5. The van der Waals surface area contributed by atoms with E-state index >= 15 is 0 Å². The number of anilines is 2. The van der Waals surface area contributed by atoms with Crippen molar-refractivity contribution in [3.8, 4) is 5.75 Å². The fourth-order valence-corrected chi connectivity index (χ4v) is 4.12. The average Bonchev–Trinajstić information content (AvgIpc) is 2.82. The molecule has 5 amide bonds. The van der Waals surface area contributed by atoms with Gasteiger partial charge in [-0.3, -0.25) is 19.7 Å². The minimum absolute atomic E-state index is 0.0258. The van der Waals surface area contributed by atoms with Gasteiger partial charge in [-0.15, -0.1) is 0 Å². The number of rotatable bonds is 6. The summed E-state index contributed by atoms with van der Waals surface area (Å²) in [6.45, 7) is 1.52. The summed E-state index contributed by atoms with van der Waals surface area (Å²) >= 11 is 12.6. The van der Waals surface area contributed by atoms with Crippen LogP contribution in [0.2, 0.25) is 10.0 Å². The lowest BCUT2D eigenvalue weighted by Gasteiger charge is -2.26. The van der Waals surface area contributed by atoms with Crippen molar-refractivity contribution in [3.63, 3.8) is 0 Å². The monoisotopic (exact) mass is 541 g/mol. The van der Waals surface area contributed by atoms with Crippen molar-refractivity contribution in [1.82, 2.24) is 5.32 Å². The Hall–Kier alpha value is -4.21. The first kappa shape index (κ1) is 25.9. The van der Waals surface area contributed by atoms with E-state index < -0.39 is 29.6 Å². The molecule has 0 atom stereocenters. The number of barbiturate groups is 1. The van der Waals surface area contributed by atoms with Gasteiger partial charge in [0.2, 0.25) is 0 Å². The van der Waals surface area contributed by atoms with E-state index in [4.69, 9.17) is 27.9 Å². The molecule has 188 valence electrons. The number of carbonyl (C=O) groups excluding carboxylic acids is 4. The third-order valence-corrected chi connectivity index (χ3v) is 5.73. The van der Waals surface area contributed by atoms with Crippen molar-refractivity contribution in [3.05, 3.63) is 93.2 Å². The fraction of sp³-hybridized carbons (Fsp3) is 0.0769. The number of ether oxygens (including phenoxy) is 1. The topological polar surface area (TPSA) is 105 Å². The number of halogens is 3. The van der Waals surface area contributed by atoms with Crippen LogP contribution < -0.4 is 20.3 Å². The van der Waals surface area contributed by atoms with Crippen molar-refractivity contribution >= 4 is 64.4 Å². The van der Waals surface area contributed by atoms with Crippen molar-refractivity contribution < 1.29 is 28.3 Å². The van der Waals surface area contributed by atoms with Gasteiger partial charge in [0.1, 0.15) is 11.4 Å². The van der Waals surface area contributed by atoms with Crippen LogP contribution in [0.1, 0.15) is 11.1 Å². The van der Waals surface area contributed by atoms with Crippen LogP contribution in [0.15, 0.2) is 66.2 Å². The summed E-state index contributed by atoms with van der Waals surface area (Å²) in [5, 5.41) is 4.82. The lowest BCUT2D eigenvalue weighted by atomic mass is 10.1. The molecule has 1 aliphatic rings. The lowest BCUT2D eigenvalue weighted by molar-refractivity contribution is -0.122. The average molecular weight is 542 g/mol. The van der Waals surface area contributed by atoms with Crippen molar-refractivity contribution in [2.75, 3.05) is 16.8 Å². The van der Waals surface area contributed by atoms with E-state index in [2.05, 4.69) is 10.6 Å². The molecule has 3 aromatic rings. The Morgan fingerprint density at radius 1 is 1.05 bits per heavy atom. The number of carbonyl (C=O) groups is 4. The Morgan fingerprint density at radius 2 is 1.73 bits per heavy atom. The highest BCUT2D eigenvalue weighted by Gasteiger charge is 2.36. The zero-order chi connectivity index (χ0) is 26.7. The first-order valence-electron chi connectivity index (χ1n) is 10.8. The van der Waals surface area contributed by atoms with Gasteiger partial charge in [-0.25, -0.2) is 14.1 Å². The van der Waals surface area contributed by atoms with Gasteiger partial charge in [0.15, 0.2) is 12.4 Å². The molecule has 8 nitrogen and oxygen atoms in total. The number of benzene rings is 3.